The standard InChI is InChI=1S/C12H19NOS/c1-9-4-5-10(2)12(6-9)8-15(14)11(3)7-13/h4-6,11H,7-8,13H2,1-3H3. The van der Waals surface area contributed by atoms with E-state index in [1.807, 2.05) is 6.92 Å². The fourth-order valence-electron chi connectivity index (χ4n) is 1.36. The van der Waals surface area contributed by atoms with Gasteiger partial charge in [-0.3, -0.25) is 4.21 Å². The minimum absolute atomic E-state index is 0.0740. The second-order valence-corrected chi connectivity index (χ2v) is 5.86. The quantitative estimate of drug-likeness (QED) is 0.850. The topological polar surface area (TPSA) is 43.1 Å². The van der Waals surface area contributed by atoms with Gasteiger partial charge in [-0.05, 0) is 31.9 Å². The number of rotatable bonds is 4. The van der Waals surface area contributed by atoms with E-state index in [0.717, 1.165) is 0 Å². The van der Waals surface area contributed by atoms with Gasteiger partial charge in [0.1, 0.15) is 0 Å². The molecule has 2 unspecified atom stereocenters. The average Bonchev–Trinajstić information content (AvgIpc) is 2.22. The van der Waals surface area contributed by atoms with Gasteiger partial charge in [0.2, 0.25) is 0 Å². The van der Waals surface area contributed by atoms with Crippen LogP contribution in [-0.4, -0.2) is 16.0 Å². The van der Waals surface area contributed by atoms with Gasteiger partial charge in [-0.2, -0.15) is 0 Å². The van der Waals surface area contributed by atoms with Crippen LogP contribution in [0.25, 0.3) is 0 Å². The smallest absolute Gasteiger partial charge is 0.0491 e. The van der Waals surface area contributed by atoms with Crippen LogP contribution in [0.2, 0.25) is 0 Å². The molecule has 2 atom stereocenters. The van der Waals surface area contributed by atoms with Crippen molar-refractivity contribution in [3.05, 3.63) is 34.9 Å². The van der Waals surface area contributed by atoms with Crippen molar-refractivity contribution in [1.82, 2.24) is 0 Å². The number of hydrogen-bond donors (Lipinski definition) is 1. The summed E-state index contributed by atoms with van der Waals surface area (Å²) in [5.41, 5.74) is 9.10. The van der Waals surface area contributed by atoms with Crippen LogP contribution in [0, 0.1) is 13.8 Å². The van der Waals surface area contributed by atoms with E-state index in [9.17, 15) is 4.21 Å². The minimum Gasteiger partial charge on any atom is -0.329 e. The molecule has 0 aliphatic carbocycles. The van der Waals surface area contributed by atoms with Gasteiger partial charge in [-0.25, -0.2) is 0 Å². The number of nitrogens with two attached hydrogens (primary N) is 1. The molecule has 0 saturated heterocycles. The third-order valence-electron chi connectivity index (χ3n) is 2.58. The maximum atomic E-state index is 11.8. The molecule has 0 heterocycles. The summed E-state index contributed by atoms with van der Waals surface area (Å²) in [5, 5.41) is 0.0740. The predicted octanol–water partition coefficient (Wildman–Crippen LogP) is 1.90. The molecule has 2 nitrogen and oxygen atoms in total. The Morgan fingerprint density at radius 2 is 2.07 bits per heavy atom. The van der Waals surface area contributed by atoms with Crippen molar-refractivity contribution >= 4 is 10.8 Å². The first-order valence-corrected chi connectivity index (χ1v) is 6.56. The Bertz CT molecular complexity index is 363. The van der Waals surface area contributed by atoms with Gasteiger partial charge >= 0.3 is 0 Å². The highest BCUT2D eigenvalue weighted by molar-refractivity contribution is 7.84. The largest absolute Gasteiger partial charge is 0.329 e. The summed E-state index contributed by atoms with van der Waals surface area (Å²) in [6.07, 6.45) is 0. The van der Waals surface area contributed by atoms with Crippen LogP contribution in [0.3, 0.4) is 0 Å². The van der Waals surface area contributed by atoms with E-state index in [1.54, 1.807) is 0 Å². The Morgan fingerprint density at radius 3 is 2.67 bits per heavy atom. The molecule has 0 aliphatic heterocycles. The van der Waals surface area contributed by atoms with Crippen LogP contribution in [-0.2, 0) is 16.6 Å². The highest BCUT2D eigenvalue weighted by atomic mass is 32.2. The van der Waals surface area contributed by atoms with Crippen molar-refractivity contribution in [3.63, 3.8) is 0 Å². The lowest BCUT2D eigenvalue weighted by Crippen LogP contribution is -2.23. The molecular formula is C12H19NOS. The summed E-state index contributed by atoms with van der Waals surface area (Å²) in [5.74, 6) is 0.617. The van der Waals surface area contributed by atoms with Crippen molar-refractivity contribution in [2.24, 2.45) is 5.73 Å². The molecule has 0 spiro atoms. The maximum Gasteiger partial charge on any atom is 0.0491 e. The Balaban J connectivity index is 2.80. The molecule has 0 amide bonds. The van der Waals surface area contributed by atoms with Crippen LogP contribution >= 0.6 is 0 Å². The maximum absolute atomic E-state index is 11.8. The van der Waals surface area contributed by atoms with Crippen molar-refractivity contribution in [2.75, 3.05) is 6.54 Å². The van der Waals surface area contributed by atoms with Gasteiger partial charge in [-0.1, -0.05) is 23.8 Å². The summed E-state index contributed by atoms with van der Waals surface area (Å²) in [6, 6.07) is 6.26. The Morgan fingerprint density at radius 1 is 1.40 bits per heavy atom. The van der Waals surface area contributed by atoms with E-state index in [-0.39, 0.29) is 5.25 Å². The molecule has 1 aromatic rings. The fraction of sp³-hybridized carbons (Fsp3) is 0.500. The van der Waals surface area contributed by atoms with E-state index >= 15 is 0 Å². The lowest BCUT2D eigenvalue weighted by molar-refractivity contribution is 0.672. The van der Waals surface area contributed by atoms with Crippen LogP contribution in [0.1, 0.15) is 23.6 Å². The van der Waals surface area contributed by atoms with Gasteiger partial charge < -0.3 is 5.73 Å². The van der Waals surface area contributed by atoms with Crippen molar-refractivity contribution in [2.45, 2.75) is 31.8 Å². The van der Waals surface area contributed by atoms with Crippen LogP contribution in [0.15, 0.2) is 18.2 Å². The summed E-state index contributed by atoms with van der Waals surface area (Å²) >= 11 is 0. The van der Waals surface area contributed by atoms with Crippen molar-refractivity contribution < 1.29 is 4.21 Å². The molecule has 15 heavy (non-hydrogen) atoms. The Hall–Kier alpha value is -0.670. The lowest BCUT2D eigenvalue weighted by Gasteiger charge is -2.11. The molecule has 84 valence electrons. The first-order valence-electron chi connectivity index (χ1n) is 5.18. The van der Waals surface area contributed by atoms with Gasteiger partial charge in [0.25, 0.3) is 0 Å². The minimum atomic E-state index is -0.859. The summed E-state index contributed by atoms with van der Waals surface area (Å²) < 4.78 is 11.8. The summed E-state index contributed by atoms with van der Waals surface area (Å²) in [4.78, 5) is 0. The third kappa shape index (κ3) is 3.43. The highest BCUT2D eigenvalue weighted by Gasteiger charge is 2.10. The predicted molar refractivity (Wildman–Crippen MR) is 66.3 cm³/mol. The Kier molecular flexibility index (Phi) is 4.48. The van der Waals surface area contributed by atoms with Crippen LogP contribution in [0.4, 0.5) is 0 Å². The highest BCUT2D eigenvalue weighted by Crippen LogP contribution is 2.14. The average molecular weight is 225 g/mol. The molecular weight excluding hydrogens is 206 g/mol. The number of hydrogen-bond acceptors (Lipinski definition) is 2. The molecule has 0 fully saturated rings. The second-order valence-electron chi connectivity index (χ2n) is 4.00. The van der Waals surface area contributed by atoms with Gasteiger partial charge in [0, 0.05) is 28.3 Å². The molecule has 0 radical (unpaired) electrons. The lowest BCUT2D eigenvalue weighted by atomic mass is 10.1. The van der Waals surface area contributed by atoms with Gasteiger partial charge in [0.05, 0.1) is 0 Å². The summed E-state index contributed by atoms with van der Waals surface area (Å²) in [7, 11) is -0.859. The SMILES string of the molecule is Cc1ccc(C)c(CS(=O)C(C)CN)c1. The van der Waals surface area contributed by atoms with E-state index in [2.05, 4.69) is 32.0 Å². The van der Waals surface area contributed by atoms with Crippen molar-refractivity contribution in [1.29, 1.82) is 0 Å². The molecule has 0 saturated carbocycles. The van der Waals surface area contributed by atoms with E-state index < -0.39 is 10.8 Å². The van der Waals surface area contributed by atoms with E-state index in [4.69, 9.17) is 5.73 Å². The van der Waals surface area contributed by atoms with Gasteiger partial charge in [-0.15, -0.1) is 0 Å². The first-order chi connectivity index (χ1) is 7.04. The monoisotopic (exact) mass is 225 g/mol. The molecule has 1 aromatic carbocycles. The Labute approximate surface area is 94.3 Å². The molecule has 0 aromatic heterocycles. The zero-order chi connectivity index (χ0) is 11.4. The number of aryl methyl sites for hydroxylation is 2. The van der Waals surface area contributed by atoms with Gasteiger partial charge in [0.15, 0.2) is 0 Å². The molecule has 1 rings (SSSR count). The fourth-order valence-corrected chi connectivity index (χ4v) is 2.48. The van der Waals surface area contributed by atoms with E-state index in [0.29, 0.717) is 12.3 Å². The van der Waals surface area contributed by atoms with E-state index in [1.165, 1.54) is 16.7 Å². The number of benzene rings is 1. The molecule has 0 aliphatic rings. The molecule has 0 bridgehead atoms. The molecule has 2 N–H and O–H groups in total. The van der Waals surface area contributed by atoms with Crippen LogP contribution in [0.5, 0.6) is 0 Å². The second kappa shape index (κ2) is 5.42. The zero-order valence-corrected chi connectivity index (χ0v) is 10.4. The van der Waals surface area contributed by atoms with Crippen LogP contribution < -0.4 is 5.73 Å². The third-order valence-corrected chi connectivity index (χ3v) is 4.27. The van der Waals surface area contributed by atoms with Crippen molar-refractivity contribution in [3.8, 4) is 0 Å². The molecule has 3 heteroatoms. The zero-order valence-electron chi connectivity index (χ0n) is 9.62. The first kappa shape index (κ1) is 12.4. The normalized spacial score (nSPS) is 14.9. The summed E-state index contributed by atoms with van der Waals surface area (Å²) in [6.45, 7) is 6.52.